The van der Waals surface area contributed by atoms with Gasteiger partial charge in [0.2, 0.25) is 0 Å². The average molecular weight is 452 g/mol. The standard InChI is InChI=1S/C20H16Cl3F3O2/c1-3-28-19(27)14-6-4-12(8-11(14)2)5-7-15(20(24,25)26)13-9-16(21)18(23)17(22)10-13/h4-10,15H,3H2,1-2H3. The van der Waals surface area contributed by atoms with Gasteiger partial charge >= 0.3 is 12.1 Å². The van der Waals surface area contributed by atoms with Crippen molar-refractivity contribution in [3.05, 3.63) is 73.7 Å². The Labute approximate surface area is 175 Å². The summed E-state index contributed by atoms with van der Waals surface area (Å²) in [6, 6.07) is 6.97. The molecule has 0 amide bonds. The quantitative estimate of drug-likeness (QED) is 0.348. The van der Waals surface area contributed by atoms with E-state index in [-0.39, 0.29) is 27.2 Å². The molecule has 2 nitrogen and oxygen atoms in total. The first-order valence-electron chi connectivity index (χ1n) is 8.21. The van der Waals surface area contributed by atoms with Crippen molar-refractivity contribution in [2.45, 2.75) is 25.9 Å². The number of alkyl halides is 3. The number of aryl methyl sites for hydroxylation is 1. The third-order valence-electron chi connectivity index (χ3n) is 3.94. The van der Waals surface area contributed by atoms with Crippen LogP contribution in [0.3, 0.4) is 0 Å². The van der Waals surface area contributed by atoms with Crippen LogP contribution in [-0.4, -0.2) is 18.8 Å². The highest BCUT2D eigenvalue weighted by atomic mass is 35.5. The molecule has 0 fully saturated rings. The predicted molar refractivity (Wildman–Crippen MR) is 106 cm³/mol. The molecule has 0 bridgehead atoms. The molecule has 0 aromatic heterocycles. The Morgan fingerprint density at radius 1 is 1.14 bits per heavy atom. The molecule has 0 saturated heterocycles. The van der Waals surface area contributed by atoms with E-state index in [1.165, 1.54) is 12.1 Å². The summed E-state index contributed by atoms with van der Waals surface area (Å²) in [5.74, 6) is -2.40. The Bertz CT molecular complexity index is 885. The zero-order chi connectivity index (χ0) is 21.1. The van der Waals surface area contributed by atoms with Gasteiger partial charge < -0.3 is 4.74 Å². The molecule has 0 radical (unpaired) electrons. The lowest BCUT2D eigenvalue weighted by atomic mass is 9.96. The molecule has 0 aliphatic heterocycles. The van der Waals surface area contributed by atoms with Gasteiger partial charge in [0.15, 0.2) is 0 Å². The lowest BCUT2D eigenvalue weighted by molar-refractivity contribution is -0.139. The van der Waals surface area contributed by atoms with E-state index in [1.54, 1.807) is 26.0 Å². The van der Waals surface area contributed by atoms with Crippen molar-refractivity contribution < 1.29 is 22.7 Å². The molecule has 0 aliphatic carbocycles. The number of ether oxygens (including phenoxy) is 1. The Morgan fingerprint density at radius 2 is 1.75 bits per heavy atom. The first-order valence-corrected chi connectivity index (χ1v) is 9.35. The van der Waals surface area contributed by atoms with Gasteiger partial charge in [-0.3, -0.25) is 0 Å². The maximum absolute atomic E-state index is 13.6. The van der Waals surface area contributed by atoms with E-state index in [1.807, 2.05) is 0 Å². The lowest BCUT2D eigenvalue weighted by Crippen LogP contribution is -2.19. The van der Waals surface area contributed by atoms with E-state index in [9.17, 15) is 18.0 Å². The van der Waals surface area contributed by atoms with Gasteiger partial charge in [0.1, 0.15) is 0 Å². The molecule has 2 rings (SSSR count). The van der Waals surface area contributed by atoms with Crippen molar-refractivity contribution in [3.63, 3.8) is 0 Å². The van der Waals surface area contributed by atoms with Crippen LogP contribution in [0.15, 0.2) is 36.4 Å². The third-order valence-corrected chi connectivity index (χ3v) is 5.14. The van der Waals surface area contributed by atoms with E-state index >= 15 is 0 Å². The number of esters is 1. The van der Waals surface area contributed by atoms with Gasteiger partial charge in [0, 0.05) is 0 Å². The highest BCUT2D eigenvalue weighted by molar-refractivity contribution is 6.48. The van der Waals surface area contributed by atoms with Crippen molar-refractivity contribution in [1.29, 1.82) is 0 Å². The second-order valence-corrected chi connectivity index (χ2v) is 7.16. The molecule has 1 unspecified atom stereocenters. The first kappa shape index (κ1) is 22.6. The Hall–Kier alpha value is -1.69. The molecule has 1 atom stereocenters. The Kier molecular flexibility index (Phi) is 7.43. The molecule has 0 heterocycles. The molecular weight excluding hydrogens is 436 g/mol. The van der Waals surface area contributed by atoms with Gasteiger partial charge in [-0.05, 0) is 48.7 Å². The molecule has 0 N–H and O–H groups in total. The molecular formula is C20H16Cl3F3O2. The van der Waals surface area contributed by atoms with E-state index in [4.69, 9.17) is 39.5 Å². The topological polar surface area (TPSA) is 26.3 Å². The molecule has 0 aliphatic rings. The van der Waals surface area contributed by atoms with Gasteiger partial charge in [-0.2, -0.15) is 13.2 Å². The van der Waals surface area contributed by atoms with Crippen molar-refractivity contribution in [2.75, 3.05) is 6.61 Å². The van der Waals surface area contributed by atoms with E-state index in [0.717, 1.165) is 18.2 Å². The Balaban J connectivity index is 2.37. The maximum Gasteiger partial charge on any atom is 0.399 e. The third kappa shape index (κ3) is 5.43. The lowest BCUT2D eigenvalue weighted by Gasteiger charge is -2.18. The van der Waals surface area contributed by atoms with E-state index in [0.29, 0.717) is 16.7 Å². The maximum atomic E-state index is 13.6. The highest BCUT2D eigenvalue weighted by Gasteiger charge is 2.39. The largest absolute Gasteiger partial charge is 0.462 e. The fourth-order valence-electron chi connectivity index (χ4n) is 2.60. The smallest absolute Gasteiger partial charge is 0.399 e. The van der Waals surface area contributed by atoms with Crippen molar-refractivity contribution in [3.8, 4) is 0 Å². The summed E-state index contributed by atoms with van der Waals surface area (Å²) in [7, 11) is 0. The summed E-state index contributed by atoms with van der Waals surface area (Å²) in [5, 5.41) is -0.106. The van der Waals surface area contributed by atoms with Gasteiger partial charge in [-0.1, -0.05) is 59.1 Å². The van der Waals surface area contributed by atoms with Gasteiger partial charge in [-0.15, -0.1) is 0 Å². The minimum Gasteiger partial charge on any atom is -0.462 e. The zero-order valence-corrected chi connectivity index (χ0v) is 17.2. The van der Waals surface area contributed by atoms with Crippen molar-refractivity contribution >= 4 is 46.8 Å². The molecule has 2 aromatic rings. The van der Waals surface area contributed by atoms with Crippen LogP contribution < -0.4 is 0 Å². The number of hydrogen-bond donors (Lipinski definition) is 0. The van der Waals surface area contributed by atoms with Crippen LogP contribution in [0.1, 0.15) is 39.9 Å². The minimum absolute atomic E-state index is 0.00201. The van der Waals surface area contributed by atoms with Crippen LogP contribution in [-0.2, 0) is 4.74 Å². The average Bonchev–Trinajstić information content (AvgIpc) is 2.58. The normalized spacial score (nSPS) is 13.0. The van der Waals surface area contributed by atoms with Crippen LogP contribution >= 0.6 is 34.8 Å². The number of carbonyl (C=O) groups excluding carboxylic acids is 1. The first-order chi connectivity index (χ1) is 13.0. The number of halogens is 6. The minimum atomic E-state index is -4.56. The molecule has 0 saturated carbocycles. The number of hydrogen-bond acceptors (Lipinski definition) is 2. The number of rotatable bonds is 5. The number of allylic oxidation sites excluding steroid dienone is 1. The summed E-state index contributed by atoms with van der Waals surface area (Å²) >= 11 is 17.6. The second-order valence-electron chi connectivity index (χ2n) is 5.97. The number of benzene rings is 2. The number of carbonyl (C=O) groups is 1. The summed E-state index contributed by atoms with van der Waals surface area (Å²) in [6.45, 7) is 3.61. The molecule has 150 valence electrons. The van der Waals surface area contributed by atoms with Crippen molar-refractivity contribution in [1.82, 2.24) is 0 Å². The molecule has 8 heteroatoms. The van der Waals surface area contributed by atoms with Gasteiger partial charge in [-0.25, -0.2) is 4.79 Å². The second kappa shape index (κ2) is 9.21. The van der Waals surface area contributed by atoms with Crippen LogP contribution in [0, 0.1) is 6.92 Å². The van der Waals surface area contributed by atoms with E-state index in [2.05, 4.69) is 0 Å². The van der Waals surface area contributed by atoms with Crippen LogP contribution in [0.2, 0.25) is 15.1 Å². The molecule has 28 heavy (non-hydrogen) atoms. The SMILES string of the molecule is CCOC(=O)c1ccc(C=CC(c2cc(Cl)c(Cl)c(Cl)c2)C(F)(F)F)cc1C. The van der Waals surface area contributed by atoms with E-state index < -0.39 is 18.1 Å². The summed E-state index contributed by atoms with van der Waals surface area (Å²) in [6.07, 6.45) is -2.22. The summed E-state index contributed by atoms with van der Waals surface area (Å²) in [5.41, 5.74) is 1.35. The summed E-state index contributed by atoms with van der Waals surface area (Å²) in [4.78, 5) is 11.8. The van der Waals surface area contributed by atoms with Gasteiger partial charge in [0.05, 0.1) is 33.2 Å². The Morgan fingerprint density at radius 3 is 2.25 bits per heavy atom. The zero-order valence-electron chi connectivity index (χ0n) is 14.9. The summed E-state index contributed by atoms with van der Waals surface area (Å²) < 4.78 is 45.7. The fourth-order valence-corrected chi connectivity index (χ4v) is 3.21. The fraction of sp³-hybridized carbons (Fsp3) is 0.250. The molecule has 0 spiro atoms. The molecule has 2 aromatic carbocycles. The van der Waals surface area contributed by atoms with Crippen molar-refractivity contribution in [2.24, 2.45) is 0 Å². The van der Waals surface area contributed by atoms with Gasteiger partial charge in [0.25, 0.3) is 0 Å². The highest BCUT2D eigenvalue weighted by Crippen LogP contribution is 2.41. The predicted octanol–water partition coefficient (Wildman–Crippen LogP) is 7.49. The van der Waals surface area contributed by atoms with Crippen LogP contribution in [0.5, 0.6) is 0 Å². The monoisotopic (exact) mass is 450 g/mol. The van der Waals surface area contributed by atoms with Crippen LogP contribution in [0.25, 0.3) is 6.08 Å². The van der Waals surface area contributed by atoms with Crippen LogP contribution in [0.4, 0.5) is 13.2 Å².